The van der Waals surface area contributed by atoms with Gasteiger partial charge < -0.3 is 19.5 Å². The highest BCUT2D eigenvalue weighted by molar-refractivity contribution is 7.14. The molecule has 4 heterocycles. The Morgan fingerprint density at radius 3 is 2.96 bits per heavy atom. The van der Waals surface area contributed by atoms with E-state index in [0.29, 0.717) is 24.7 Å². The zero-order valence-corrected chi connectivity index (χ0v) is 16.0. The Balaban J connectivity index is 1.53. The van der Waals surface area contributed by atoms with E-state index in [9.17, 15) is 4.79 Å². The average molecular weight is 376 g/mol. The molecule has 0 aromatic carbocycles. The standard InChI is InChI=1S/C18H24N4O3S/c1-3-15-20-14(21-25-15)11-22(2)17(23)13-10-12-4-9-24-18(16(12)26-13)5-7-19-8-6-18/h10,19H,3-9,11H2,1-2H3. The molecule has 0 aliphatic carbocycles. The van der Waals surface area contributed by atoms with Gasteiger partial charge in [-0.25, -0.2) is 0 Å². The van der Waals surface area contributed by atoms with Gasteiger partial charge in [-0.05, 0) is 44.0 Å². The third-order valence-corrected chi connectivity index (χ3v) is 6.48. The fourth-order valence-electron chi connectivity index (χ4n) is 3.70. The fourth-order valence-corrected chi connectivity index (χ4v) is 5.10. The summed E-state index contributed by atoms with van der Waals surface area (Å²) in [6.07, 6.45) is 3.50. The van der Waals surface area contributed by atoms with Gasteiger partial charge in [-0.15, -0.1) is 11.3 Å². The van der Waals surface area contributed by atoms with Crippen LogP contribution in [0.2, 0.25) is 0 Å². The highest BCUT2D eigenvalue weighted by Gasteiger charge is 2.41. The number of thiophene rings is 1. The molecule has 1 saturated heterocycles. The SMILES string of the molecule is CCc1nc(CN(C)C(=O)c2cc3c(s2)C2(CCNCC2)OCC3)no1. The van der Waals surface area contributed by atoms with Gasteiger partial charge in [0.2, 0.25) is 5.89 Å². The number of rotatable bonds is 4. The van der Waals surface area contributed by atoms with Crippen LogP contribution in [0, 0.1) is 0 Å². The predicted molar refractivity (Wildman–Crippen MR) is 97.2 cm³/mol. The van der Waals surface area contributed by atoms with Crippen molar-refractivity contribution in [2.45, 2.75) is 44.8 Å². The molecule has 8 heteroatoms. The molecule has 0 atom stereocenters. The van der Waals surface area contributed by atoms with E-state index >= 15 is 0 Å². The molecule has 0 radical (unpaired) electrons. The van der Waals surface area contributed by atoms with E-state index in [1.807, 2.05) is 6.92 Å². The van der Waals surface area contributed by atoms with Gasteiger partial charge in [-0.1, -0.05) is 12.1 Å². The first-order valence-corrected chi connectivity index (χ1v) is 9.98. The highest BCUT2D eigenvalue weighted by Crippen LogP contribution is 2.44. The zero-order valence-electron chi connectivity index (χ0n) is 15.2. The molecule has 1 spiro atoms. The minimum Gasteiger partial charge on any atom is -0.369 e. The first kappa shape index (κ1) is 17.6. The van der Waals surface area contributed by atoms with E-state index in [-0.39, 0.29) is 11.5 Å². The summed E-state index contributed by atoms with van der Waals surface area (Å²) in [5, 5.41) is 7.33. The molecule has 2 aliphatic rings. The van der Waals surface area contributed by atoms with Crippen LogP contribution in [-0.4, -0.2) is 47.7 Å². The van der Waals surface area contributed by atoms with Crippen LogP contribution >= 0.6 is 11.3 Å². The lowest BCUT2D eigenvalue weighted by molar-refractivity contribution is -0.0771. The normalized spacial score (nSPS) is 18.7. The average Bonchev–Trinajstić information content (AvgIpc) is 3.29. The van der Waals surface area contributed by atoms with Crippen LogP contribution in [0.5, 0.6) is 0 Å². The summed E-state index contributed by atoms with van der Waals surface area (Å²) < 4.78 is 11.3. The Hall–Kier alpha value is -1.77. The molecule has 0 unspecified atom stereocenters. The van der Waals surface area contributed by atoms with E-state index < -0.39 is 0 Å². The van der Waals surface area contributed by atoms with Crippen LogP contribution < -0.4 is 5.32 Å². The number of nitrogens with one attached hydrogen (secondary N) is 1. The summed E-state index contributed by atoms with van der Waals surface area (Å²) >= 11 is 1.59. The van der Waals surface area contributed by atoms with Gasteiger partial charge in [-0.2, -0.15) is 4.98 Å². The quantitative estimate of drug-likeness (QED) is 0.880. The maximum Gasteiger partial charge on any atom is 0.264 e. The van der Waals surface area contributed by atoms with Crippen molar-refractivity contribution in [3.63, 3.8) is 0 Å². The van der Waals surface area contributed by atoms with Gasteiger partial charge in [-0.3, -0.25) is 4.79 Å². The largest absolute Gasteiger partial charge is 0.369 e. The number of nitrogens with zero attached hydrogens (tertiary/aromatic N) is 3. The van der Waals surface area contributed by atoms with Gasteiger partial charge in [0.15, 0.2) is 5.82 Å². The molecule has 26 heavy (non-hydrogen) atoms. The van der Waals surface area contributed by atoms with Gasteiger partial charge in [0.05, 0.1) is 18.0 Å². The Bertz CT molecular complexity index is 794. The molecule has 0 saturated carbocycles. The van der Waals surface area contributed by atoms with Crippen LogP contribution in [0.15, 0.2) is 10.6 Å². The van der Waals surface area contributed by atoms with Gasteiger partial charge in [0.1, 0.15) is 5.60 Å². The summed E-state index contributed by atoms with van der Waals surface area (Å²) in [5.41, 5.74) is 1.07. The van der Waals surface area contributed by atoms with Crippen molar-refractivity contribution >= 4 is 17.2 Å². The summed E-state index contributed by atoms with van der Waals surface area (Å²) in [6.45, 7) is 4.95. The van der Waals surface area contributed by atoms with Crippen molar-refractivity contribution in [2.75, 3.05) is 26.7 Å². The topological polar surface area (TPSA) is 80.5 Å². The molecule has 0 bridgehead atoms. The first-order valence-electron chi connectivity index (χ1n) is 9.16. The predicted octanol–water partition coefficient (Wildman–Crippen LogP) is 2.12. The lowest BCUT2D eigenvalue weighted by atomic mass is 9.86. The monoisotopic (exact) mass is 376 g/mol. The second kappa shape index (κ2) is 7.09. The maximum absolute atomic E-state index is 12.9. The summed E-state index contributed by atoms with van der Waals surface area (Å²) in [5.74, 6) is 1.13. The fraction of sp³-hybridized carbons (Fsp3) is 0.611. The van der Waals surface area contributed by atoms with Crippen LogP contribution in [0.1, 0.15) is 51.6 Å². The second-order valence-corrected chi connectivity index (χ2v) is 7.98. The third-order valence-electron chi connectivity index (χ3n) is 5.13. The van der Waals surface area contributed by atoms with Crippen molar-refractivity contribution in [2.24, 2.45) is 0 Å². The molecule has 7 nitrogen and oxygen atoms in total. The Morgan fingerprint density at radius 2 is 2.23 bits per heavy atom. The second-order valence-electron chi connectivity index (χ2n) is 6.93. The van der Waals surface area contributed by atoms with Gasteiger partial charge in [0, 0.05) is 18.3 Å². The first-order chi connectivity index (χ1) is 12.6. The molecular weight excluding hydrogens is 352 g/mol. The molecule has 2 aliphatic heterocycles. The lowest BCUT2D eigenvalue weighted by Gasteiger charge is -2.40. The molecular formula is C18H24N4O3S. The molecule has 1 fully saturated rings. The minimum atomic E-state index is -0.204. The smallest absolute Gasteiger partial charge is 0.264 e. The summed E-state index contributed by atoms with van der Waals surface area (Å²) in [7, 11) is 1.78. The number of amides is 1. The zero-order chi connectivity index (χ0) is 18.1. The molecule has 4 rings (SSSR count). The number of ether oxygens (including phenoxy) is 1. The lowest BCUT2D eigenvalue weighted by Crippen LogP contribution is -2.43. The van der Waals surface area contributed by atoms with Crippen LogP contribution in [0.4, 0.5) is 0 Å². The number of carbonyl (C=O) groups is 1. The Kier molecular flexibility index (Phi) is 4.81. The van der Waals surface area contributed by atoms with Crippen molar-refractivity contribution in [1.82, 2.24) is 20.4 Å². The number of aromatic nitrogens is 2. The van der Waals surface area contributed by atoms with E-state index in [0.717, 1.165) is 43.8 Å². The molecule has 1 amide bonds. The minimum absolute atomic E-state index is 0.00340. The van der Waals surface area contributed by atoms with Crippen molar-refractivity contribution < 1.29 is 14.1 Å². The number of hydrogen-bond donors (Lipinski definition) is 1. The number of hydrogen-bond acceptors (Lipinski definition) is 7. The highest BCUT2D eigenvalue weighted by atomic mass is 32.1. The van der Waals surface area contributed by atoms with Crippen LogP contribution in [0.3, 0.4) is 0 Å². The Labute approximate surface area is 156 Å². The van der Waals surface area contributed by atoms with Crippen molar-refractivity contribution in [3.8, 4) is 0 Å². The van der Waals surface area contributed by atoms with Gasteiger partial charge >= 0.3 is 0 Å². The number of piperidine rings is 1. The van der Waals surface area contributed by atoms with Crippen LogP contribution in [-0.2, 0) is 29.7 Å². The molecule has 2 aromatic rings. The van der Waals surface area contributed by atoms with Gasteiger partial charge in [0.25, 0.3) is 5.91 Å². The summed E-state index contributed by atoms with van der Waals surface area (Å²) in [6, 6.07) is 2.05. The molecule has 2 aromatic heterocycles. The molecule has 1 N–H and O–H groups in total. The van der Waals surface area contributed by atoms with Crippen LogP contribution in [0.25, 0.3) is 0 Å². The number of carbonyl (C=O) groups excluding carboxylic acids is 1. The van der Waals surface area contributed by atoms with E-state index in [1.54, 1.807) is 23.3 Å². The summed E-state index contributed by atoms with van der Waals surface area (Å²) in [4.78, 5) is 20.9. The number of fused-ring (bicyclic) bond motifs is 2. The van der Waals surface area contributed by atoms with Crippen molar-refractivity contribution in [1.29, 1.82) is 0 Å². The Morgan fingerprint density at radius 1 is 1.42 bits per heavy atom. The molecule has 140 valence electrons. The van der Waals surface area contributed by atoms with E-state index in [2.05, 4.69) is 21.5 Å². The maximum atomic E-state index is 12.9. The van der Waals surface area contributed by atoms with E-state index in [4.69, 9.17) is 9.26 Å². The van der Waals surface area contributed by atoms with E-state index in [1.165, 1.54) is 10.4 Å². The van der Waals surface area contributed by atoms with Crippen molar-refractivity contribution in [3.05, 3.63) is 33.1 Å². The third kappa shape index (κ3) is 3.17. The number of aryl methyl sites for hydroxylation is 1.